The SMILES string of the molecule is CCN1C(=O)CC(=O)N(NC(=O)c2cc3cc(Br)ccc3oc2=O)C1=S. The van der Waals surface area contributed by atoms with Crippen LogP contribution in [0.4, 0.5) is 0 Å². The summed E-state index contributed by atoms with van der Waals surface area (Å²) in [4.78, 5) is 49.6. The fraction of sp³-hybridized carbons (Fsp3) is 0.188. The summed E-state index contributed by atoms with van der Waals surface area (Å²) in [6.45, 7) is 1.94. The van der Waals surface area contributed by atoms with Gasteiger partial charge in [0, 0.05) is 16.4 Å². The minimum atomic E-state index is -0.860. The number of thiocarbonyl (C=S) groups is 1. The lowest BCUT2D eigenvalue weighted by Gasteiger charge is -2.34. The van der Waals surface area contributed by atoms with Crippen LogP contribution >= 0.6 is 28.1 Å². The maximum absolute atomic E-state index is 12.5. The van der Waals surface area contributed by atoms with Gasteiger partial charge in [-0.15, -0.1) is 0 Å². The van der Waals surface area contributed by atoms with E-state index in [0.717, 1.165) is 9.48 Å². The summed E-state index contributed by atoms with van der Waals surface area (Å²) < 4.78 is 5.88. The third-order valence-corrected chi connectivity index (χ3v) is 4.64. The first-order valence-corrected chi connectivity index (χ1v) is 8.73. The number of rotatable bonds is 3. The molecule has 1 saturated heterocycles. The standard InChI is InChI=1S/C16H12BrN3O5S/c1-2-19-12(21)7-13(22)20(16(19)26)18-14(23)10-6-8-5-9(17)3-4-11(8)25-15(10)24/h3-6H,2,7H2,1H3,(H,18,23). The monoisotopic (exact) mass is 437 g/mol. The van der Waals surface area contributed by atoms with Gasteiger partial charge in [-0.2, -0.15) is 5.01 Å². The number of carbonyl (C=O) groups is 3. The molecule has 3 rings (SSSR count). The van der Waals surface area contributed by atoms with Gasteiger partial charge in [0.05, 0.1) is 0 Å². The summed E-state index contributed by atoms with van der Waals surface area (Å²) in [5, 5.41) is 1.18. The Kier molecular flexibility index (Phi) is 4.88. The third-order valence-electron chi connectivity index (χ3n) is 3.74. The number of fused-ring (bicyclic) bond motifs is 1. The summed E-state index contributed by atoms with van der Waals surface area (Å²) in [6.07, 6.45) is -0.423. The number of nitrogens with zero attached hydrogens (tertiary/aromatic N) is 2. The molecule has 8 nitrogen and oxygen atoms in total. The number of hydrogen-bond donors (Lipinski definition) is 1. The molecule has 1 N–H and O–H groups in total. The van der Waals surface area contributed by atoms with Crippen LogP contribution < -0.4 is 11.1 Å². The van der Waals surface area contributed by atoms with Crippen LogP contribution in [0.25, 0.3) is 11.0 Å². The van der Waals surface area contributed by atoms with Crippen molar-refractivity contribution in [3.8, 4) is 0 Å². The van der Waals surface area contributed by atoms with E-state index in [0.29, 0.717) is 11.0 Å². The smallest absolute Gasteiger partial charge is 0.349 e. The van der Waals surface area contributed by atoms with Gasteiger partial charge in [0.1, 0.15) is 17.6 Å². The Bertz CT molecular complexity index is 1020. The highest BCUT2D eigenvalue weighted by atomic mass is 79.9. The second kappa shape index (κ2) is 6.96. The van der Waals surface area contributed by atoms with Crippen molar-refractivity contribution >= 4 is 62.0 Å². The molecular weight excluding hydrogens is 426 g/mol. The van der Waals surface area contributed by atoms with E-state index in [1.807, 2.05) is 0 Å². The maximum Gasteiger partial charge on any atom is 0.349 e. The lowest BCUT2D eigenvalue weighted by atomic mass is 10.2. The predicted molar refractivity (Wildman–Crippen MR) is 99.1 cm³/mol. The van der Waals surface area contributed by atoms with Gasteiger partial charge in [-0.3, -0.25) is 24.7 Å². The molecule has 2 heterocycles. The third kappa shape index (κ3) is 3.25. The van der Waals surface area contributed by atoms with Crippen molar-refractivity contribution in [2.24, 2.45) is 0 Å². The number of amides is 3. The molecular formula is C16H12BrN3O5S. The molecule has 26 heavy (non-hydrogen) atoms. The van der Waals surface area contributed by atoms with Crippen LogP contribution in [-0.2, 0) is 9.59 Å². The Hall–Kier alpha value is -2.59. The summed E-state index contributed by atoms with van der Waals surface area (Å²) in [6, 6.07) is 6.34. The van der Waals surface area contributed by atoms with Gasteiger partial charge in [-0.1, -0.05) is 15.9 Å². The molecule has 0 atom stereocenters. The van der Waals surface area contributed by atoms with Gasteiger partial charge in [0.15, 0.2) is 0 Å². The lowest BCUT2D eigenvalue weighted by molar-refractivity contribution is -0.141. The Labute approximate surface area is 160 Å². The van der Waals surface area contributed by atoms with Gasteiger partial charge in [0.2, 0.25) is 11.0 Å². The van der Waals surface area contributed by atoms with Crippen molar-refractivity contribution in [3.05, 3.63) is 44.7 Å². The molecule has 1 fully saturated rings. The molecule has 10 heteroatoms. The molecule has 0 bridgehead atoms. The molecule has 3 amide bonds. The van der Waals surface area contributed by atoms with Crippen LogP contribution in [0.2, 0.25) is 0 Å². The Morgan fingerprint density at radius 2 is 2.00 bits per heavy atom. The van der Waals surface area contributed by atoms with Gasteiger partial charge >= 0.3 is 5.63 Å². The van der Waals surface area contributed by atoms with E-state index in [9.17, 15) is 19.2 Å². The van der Waals surface area contributed by atoms with Crippen molar-refractivity contribution < 1.29 is 18.8 Å². The molecule has 1 aromatic heterocycles. The number of hydrogen-bond acceptors (Lipinski definition) is 6. The number of benzene rings is 1. The normalized spacial score (nSPS) is 14.9. The van der Waals surface area contributed by atoms with E-state index in [1.54, 1.807) is 25.1 Å². The fourth-order valence-electron chi connectivity index (χ4n) is 2.47. The number of halogens is 1. The molecule has 1 aliphatic heterocycles. The molecule has 134 valence electrons. The van der Waals surface area contributed by atoms with Crippen molar-refractivity contribution in [2.75, 3.05) is 6.54 Å². The maximum atomic E-state index is 12.5. The zero-order chi connectivity index (χ0) is 19.0. The zero-order valence-electron chi connectivity index (χ0n) is 13.4. The average Bonchev–Trinajstić information content (AvgIpc) is 2.58. The number of hydrazine groups is 1. The van der Waals surface area contributed by atoms with Crippen LogP contribution in [0, 0.1) is 0 Å². The Morgan fingerprint density at radius 1 is 1.27 bits per heavy atom. The highest BCUT2D eigenvalue weighted by molar-refractivity contribution is 9.10. The van der Waals surface area contributed by atoms with E-state index in [1.165, 1.54) is 11.0 Å². The molecule has 1 aromatic carbocycles. The number of nitrogens with one attached hydrogen (secondary N) is 1. The summed E-state index contributed by atoms with van der Waals surface area (Å²) in [7, 11) is 0. The average molecular weight is 438 g/mol. The summed E-state index contributed by atoms with van der Waals surface area (Å²) >= 11 is 8.39. The first-order valence-electron chi connectivity index (χ1n) is 7.53. The van der Waals surface area contributed by atoms with E-state index >= 15 is 0 Å². The van der Waals surface area contributed by atoms with Crippen LogP contribution in [0.3, 0.4) is 0 Å². The van der Waals surface area contributed by atoms with Crippen LogP contribution in [-0.4, -0.2) is 39.3 Å². The van der Waals surface area contributed by atoms with Crippen molar-refractivity contribution in [1.82, 2.24) is 15.3 Å². The molecule has 0 spiro atoms. The molecule has 0 unspecified atom stereocenters. The number of carbonyl (C=O) groups excluding carboxylic acids is 3. The fourth-order valence-corrected chi connectivity index (χ4v) is 3.23. The largest absolute Gasteiger partial charge is 0.422 e. The van der Waals surface area contributed by atoms with E-state index in [-0.39, 0.29) is 17.2 Å². The second-order valence-corrected chi connectivity index (χ2v) is 6.68. The summed E-state index contributed by atoms with van der Waals surface area (Å²) in [5.74, 6) is -1.98. The van der Waals surface area contributed by atoms with Crippen LogP contribution in [0.5, 0.6) is 0 Å². The van der Waals surface area contributed by atoms with E-state index in [2.05, 4.69) is 21.4 Å². The second-order valence-electron chi connectivity index (χ2n) is 5.40. The molecule has 0 radical (unpaired) electrons. The van der Waals surface area contributed by atoms with E-state index < -0.39 is 29.8 Å². The minimum absolute atomic E-state index is 0.143. The topological polar surface area (TPSA) is 99.9 Å². The van der Waals surface area contributed by atoms with Gasteiger partial charge in [-0.05, 0) is 43.4 Å². The lowest BCUT2D eigenvalue weighted by Crippen LogP contribution is -2.60. The molecule has 2 aromatic rings. The van der Waals surface area contributed by atoms with Crippen LogP contribution in [0.15, 0.2) is 37.9 Å². The first-order chi connectivity index (χ1) is 12.3. The van der Waals surface area contributed by atoms with Crippen molar-refractivity contribution in [1.29, 1.82) is 0 Å². The van der Waals surface area contributed by atoms with Crippen LogP contribution in [0.1, 0.15) is 23.7 Å². The quantitative estimate of drug-likeness (QED) is 0.444. The first kappa shape index (κ1) is 18.2. The van der Waals surface area contributed by atoms with Gasteiger partial charge in [0.25, 0.3) is 11.8 Å². The molecule has 0 aliphatic carbocycles. The van der Waals surface area contributed by atoms with Gasteiger partial charge in [-0.25, -0.2) is 4.79 Å². The summed E-state index contributed by atoms with van der Waals surface area (Å²) in [5.41, 5.74) is 1.46. The molecule has 0 saturated carbocycles. The minimum Gasteiger partial charge on any atom is -0.422 e. The molecule has 1 aliphatic rings. The zero-order valence-corrected chi connectivity index (χ0v) is 15.8. The highest BCUT2D eigenvalue weighted by Gasteiger charge is 2.35. The van der Waals surface area contributed by atoms with Crippen molar-refractivity contribution in [2.45, 2.75) is 13.3 Å². The Balaban J connectivity index is 1.92. The van der Waals surface area contributed by atoms with Crippen molar-refractivity contribution in [3.63, 3.8) is 0 Å². The van der Waals surface area contributed by atoms with E-state index in [4.69, 9.17) is 16.6 Å². The van der Waals surface area contributed by atoms with Gasteiger partial charge < -0.3 is 4.42 Å². The highest BCUT2D eigenvalue weighted by Crippen LogP contribution is 2.19. The predicted octanol–water partition coefficient (Wildman–Crippen LogP) is 1.57. The Morgan fingerprint density at radius 3 is 2.69 bits per heavy atom.